The number of hydrogen-bond donors (Lipinski definition) is 1. The summed E-state index contributed by atoms with van der Waals surface area (Å²) >= 11 is 5.64. The summed E-state index contributed by atoms with van der Waals surface area (Å²) in [6.07, 6.45) is 0.977. The Kier molecular flexibility index (Phi) is 3.39. The quantitative estimate of drug-likeness (QED) is 0.906. The molecule has 2 rings (SSSR count). The van der Waals surface area contributed by atoms with E-state index in [9.17, 15) is 0 Å². The van der Waals surface area contributed by atoms with Crippen LogP contribution in [0.2, 0.25) is 5.28 Å². The van der Waals surface area contributed by atoms with Crippen molar-refractivity contribution in [2.24, 2.45) is 0 Å². The molecule has 0 bridgehead atoms. The number of rotatable bonds is 3. The third kappa shape index (κ3) is 3.04. The molecule has 0 amide bonds. The average molecular weight is 251 g/mol. The summed E-state index contributed by atoms with van der Waals surface area (Å²) in [5, 5.41) is 0.0117. The van der Waals surface area contributed by atoms with Gasteiger partial charge in [0.2, 0.25) is 11.2 Å². The first kappa shape index (κ1) is 11.6. The Morgan fingerprint density at radius 1 is 1.18 bits per heavy atom. The molecule has 0 aliphatic carbocycles. The third-order valence-electron chi connectivity index (χ3n) is 2.15. The zero-order valence-corrected chi connectivity index (χ0v) is 9.98. The lowest BCUT2D eigenvalue weighted by Gasteiger charge is -2.04. The lowest BCUT2D eigenvalue weighted by atomic mass is 10.2. The molecule has 0 radical (unpaired) electrons. The van der Waals surface area contributed by atoms with Gasteiger partial charge in [-0.2, -0.15) is 15.0 Å². The molecule has 0 aliphatic heterocycles. The number of benzene rings is 1. The van der Waals surface area contributed by atoms with E-state index in [1.165, 1.54) is 5.56 Å². The first-order valence-electron chi connectivity index (χ1n) is 5.11. The summed E-state index contributed by atoms with van der Waals surface area (Å²) in [5.41, 5.74) is 6.66. The van der Waals surface area contributed by atoms with Crippen LogP contribution in [-0.4, -0.2) is 15.0 Å². The molecule has 2 aromatic rings. The van der Waals surface area contributed by atoms with Gasteiger partial charge >= 0.3 is 6.01 Å². The minimum Gasteiger partial charge on any atom is -0.424 e. The Hall–Kier alpha value is -1.88. The highest BCUT2D eigenvalue weighted by Crippen LogP contribution is 2.19. The van der Waals surface area contributed by atoms with Crippen molar-refractivity contribution in [1.29, 1.82) is 0 Å². The van der Waals surface area contributed by atoms with Gasteiger partial charge in [0.05, 0.1) is 0 Å². The molecule has 0 spiro atoms. The van der Waals surface area contributed by atoms with E-state index in [2.05, 4.69) is 21.9 Å². The lowest BCUT2D eigenvalue weighted by Crippen LogP contribution is -2.00. The van der Waals surface area contributed by atoms with Gasteiger partial charge in [0.15, 0.2) is 0 Å². The molecule has 0 atom stereocenters. The predicted molar refractivity (Wildman–Crippen MR) is 65.1 cm³/mol. The van der Waals surface area contributed by atoms with Crippen LogP contribution < -0.4 is 10.5 Å². The van der Waals surface area contributed by atoms with Crippen LogP contribution in [0.3, 0.4) is 0 Å². The molecule has 0 unspecified atom stereocenters. The van der Waals surface area contributed by atoms with Crippen LogP contribution in [0.4, 0.5) is 5.95 Å². The van der Waals surface area contributed by atoms with E-state index in [0.717, 1.165) is 6.42 Å². The highest BCUT2D eigenvalue weighted by Gasteiger charge is 2.04. The van der Waals surface area contributed by atoms with Crippen LogP contribution in [-0.2, 0) is 6.42 Å². The van der Waals surface area contributed by atoms with E-state index >= 15 is 0 Å². The molecule has 0 fully saturated rings. The van der Waals surface area contributed by atoms with E-state index in [-0.39, 0.29) is 17.2 Å². The molecule has 1 heterocycles. The average Bonchev–Trinajstić information content (AvgIpc) is 2.28. The maximum Gasteiger partial charge on any atom is 0.328 e. The van der Waals surface area contributed by atoms with Crippen molar-refractivity contribution >= 4 is 17.5 Å². The molecule has 6 heteroatoms. The van der Waals surface area contributed by atoms with Crippen molar-refractivity contribution in [3.05, 3.63) is 35.1 Å². The molecular formula is C11H11ClN4O. The summed E-state index contributed by atoms with van der Waals surface area (Å²) in [7, 11) is 0. The van der Waals surface area contributed by atoms with Gasteiger partial charge in [0, 0.05) is 0 Å². The van der Waals surface area contributed by atoms with E-state index in [1.54, 1.807) is 0 Å². The summed E-state index contributed by atoms with van der Waals surface area (Å²) in [4.78, 5) is 11.3. The fourth-order valence-electron chi connectivity index (χ4n) is 1.29. The summed E-state index contributed by atoms with van der Waals surface area (Å²) in [6, 6.07) is 7.72. The molecule has 5 nitrogen and oxygen atoms in total. The fourth-order valence-corrected chi connectivity index (χ4v) is 1.45. The van der Waals surface area contributed by atoms with E-state index < -0.39 is 0 Å². The molecule has 88 valence electrons. The molecule has 1 aromatic heterocycles. The van der Waals surface area contributed by atoms with Crippen molar-refractivity contribution in [1.82, 2.24) is 15.0 Å². The van der Waals surface area contributed by atoms with E-state index in [1.807, 2.05) is 24.3 Å². The normalized spacial score (nSPS) is 10.2. The summed E-state index contributed by atoms with van der Waals surface area (Å²) in [6.45, 7) is 2.09. The van der Waals surface area contributed by atoms with Crippen LogP contribution in [0.5, 0.6) is 11.8 Å². The fraction of sp³-hybridized carbons (Fsp3) is 0.182. The summed E-state index contributed by atoms with van der Waals surface area (Å²) in [5.74, 6) is 0.661. The smallest absolute Gasteiger partial charge is 0.328 e. The van der Waals surface area contributed by atoms with Gasteiger partial charge in [-0.15, -0.1) is 0 Å². The Morgan fingerprint density at radius 3 is 2.47 bits per heavy atom. The van der Waals surface area contributed by atoms with E-state index in [4.69, 9.17) is 22.1 Å². The zero-order valence-electron chi connectivity index (χ0n) is 9.22. The van der Waals surface area contributed by atoms with Crippen LogP contribution in [0.15, 0.2) is 24.3 Å². The first-order chi connectivity index (χ1) is 8.17. The molecule has 2 N–H and O–H groups in total. The van der Waals surface area contributed by atoms with Gasteiger partial charge < -0.3 is 10.5 Å². The van der Waals surface area contributed by atoms with Crippen LogP contribution in [0, 0.1) is 0 Å². The maximum atomic E-state index is 5.64. The van der Waals surface area contributed by atoms with Crippen LogP contribution >= 0.6 is 11.6 Å². The Bertz CT molecular complexity index is 495. The molecule has 0 saturated heterocycles. The van der Waals surface area contributed by atoms with Crippen LogP contribution in [0.25, 0.3) is 0 Å². The standard InChI is InChI=1S/C11H11ClN4O/c1-2-7-3-5-8(6-4-7)17-11-15-9(12)14-10(13)16-11/h3-6H,2H2,1H3,(H2,13,14,15,16). The van der Waals surface area contributed by atoms with Crippen molar-refractivity contribution in [2.75, 3.05) is 5.73 Å². The van der Waals surface area contributed by atoms with Crippen molar-refractivity contribution in [2.45, 2.75) is 13.3 Å². The highest BCUT2D eigenvalue weighted by atomic mass is 35.5. The number of nitrogens with zero attached hydrogens (tertiary/aromatic N) is 3. The van der Waals surface area contributed by atoms with Crippen molar-refractivity contribution in [3.63, 3.8) is 0 Å². The number of hydrogen-bond acceptors (Lipinski definition) is 5. The number of aryl methyl sites for hydroxylation is 1. The van der Waals surface area contributed by atoms with Gasteiger partial charge in [-0.25, -0.2) is 0 Å². The number of anilines is 1. The van der Waals surface area contributed by atoms with Crippen LogP contribution in [0.1, 0.15) is 12.5 Å². The Balaban J connectivity index is 2.19. The topological polar surface area (TPSA) is 73.9 Å². The monoisotopic (exact) mass is 250 g/mol. The van der Waals surface area contributed by atoms with Gasteiger partial charge in [-0.05, 0) is 35.7 Å². The molecule has 0 aliphatic rings. The number of nitrogens with two attached hydrogens (primary N) is 1. The summed E-state index contributed by atoms with van der Waals surface area (Å²) < 4.78 is 5.41. The second-order valence-corrected chi connectivity index (χ2v) is 3.68. The molecule has 1 aromatic carbocycles. The van der Waals surface area contributed by atoms with Crippen molar-refractivity contribution < 1.29 is 4.74 Å². The third-order valence-corrected chi connectivity index (χ3v) is 2.31. The number of aromatic nitrogens is 3. The van der Waals surface area contributed by atoms with Gasteiger partial charge in [-0.3, -0.25) is 0 Å². The minimum absolute atomic E-state index is 0.0117. The van der Waals surface area contributed by atoms with E-state index in [0.29, 0.717) is 5.75 Å². The SMILES string of the molecule is CCc1ccc(Oc2nc(N)nc(Cl)n2)cc1. The maximum absolute atomic E-state index is 5.64. The molecular weight excluding hydrogens is 240 g/mol. The minimum atomic E-state index is 0.0117. The van der Waals surface area contributed by atoms with Gasteiger partial charge in [0.25, 0.3) is 0 Å². The van der Waals surface area contributed by atoms with Crippen molar-refractivity contribution in [3.8, 4) is 11.8 Å². The van der Waals surface area contributed by atoms with Gasteiger partial charge in [0.1, 0.15) is 5.75 Å². The Morgan fingerprint density at radius 2 is 1.88 bits per heavy atom. The van der Waals surface area contributed by atoms with Gasteiger partial charge in [-0.1, -0.05) is 19.1 Å². The first-order valence-corrected chi connectivity index (χ1v) is 5.49. The molecule has 0 saturated carbocycles. The molecule has 17 heavy (non-hydrogen) atoms. The Labute approximate surface area is 104 Å². The predicted octanol–water partition coefficient (Wildman–Crippen LogP) is 2.46. The lowest BCUT2D eigenvalue weighted by molar-refractivity contribution is 0.440. The number of nitrogen functional groups attached to an aromatic ring is 1. The number of ether oxygens (including phenoxy) is 1. The largest absolute Gasteiger partial charge is 0.424 e. The second kappa shape index (κ2) is 4.97. The zero-order chi connectivity index (χ0) is 12.3. The highest BCUT2D eigenvalue weighted by molar-refractivity contribution is 6.28. The second-order valence-electron chi connectivity index (χ2n) is 3.34. The number of halogens is 1.